The summed E-state index contributed by atoms with van der Waals surface area (Å²) in [4.78, 5) is 0.123. The van der Waals surface area contributed by atoms with Crippen LogP contribution in [-0.4, -0.2) is 8.42 Å². The molecule has 4 heteroatoms. The van der Waals surface area contributed by atoms with E-state index in [0.717, 1.165) is 16.7 Å². The Kier molecular flexibility index (Phi) is 3.46. The minimum Gasteiger partial charge on any atom is -0.207 e. The maximum absolute atomic E-state index is 11.2. The van der Waals surface area contributed by atoms with Gasteiger partial charge >= 0.3 is 0 Å². The third-order valence-corrected chi connectivity index (χ3v) is 4.21. The van der Waals surface area contributed by atoms with Gasteiger partial charge in [-0.05, 0) is 42.7 Å². The molecule has 0 saturated carbocycles. The monoisotopic (exact) mass is 280 g/mol. The SMILES string of the molecule is Cc1ccc(C)c(-c2ccc(S(=O)(=O)Cl)cc2)c1. The Balaban J connectivity index is 2.50. The van der Waals surface area contributed by atoms with E-state index in [-0.39, 0.29) is 4.90 Å². The van der Waals surface area contributed by atoms with Crippen LogP contribution in [0.1, 0.15) is 11.1 Å². The van der Waals surface area contributed by atoms with Crippen molar-refractivity contribution in [1.29, 1.82) is 0 Å². The van der Waals surface area contributed by atoms with Gasteiger partial charge in [-0.3, -0.25) is 0 Å². The van der Waals surface area contributed by atoms with Gasteiger partial charge in [0.25, 0.3) is 9.05 Å². The minimum absolute atomic E-state index is 0.123. The molecule has 0 spiro atoms. The molecule has 0 radical (unpaired) electrons. The van der Waals surface area contributed by atoms with Gasteiger partial charge in [0.2, 0.25) is 0 Å². The number of halogens is 1. The fourth-order valence-electron chi connectivity index (χ4n) is 1.84. The Morgan fingerprint density at radius 2 is 1.56 bits per heavy atom. The van der Waals surface area contributed by atoms with Crippen molar-refractivity contribution in [2.24, 2.45) is 0 Å². The maximum Gasteiger partial charge on any atom is 0.261 e. The van der Waals surface area contributed by atoms with E-state index in [1.165, 1.54) is 17.7 Å². The lowest BCUT2D eigenvalue weighted by atomic mass is 9.99. The second-order valence-electron chi connectivity index (χ2n) is 4.28. The molecule has 0 N–H and O–H groups in total. The van der Waals surface area contributed by atoms with E-state index in [1.54, 1.807) is 12.1 Å². The summed E-state index contributed by atoms with van der Waals surface area (Å²) < 4.78 is 22.3. The van der Waals surface area contributed by atoms with Crippen LogP contribution in [0.25, 0.3) is 11.1 Å². The van der Waals surface area contributed by atoms with Crippen LogP contribution in [0, 0.1) is 13.8 Å². The maximum atomic E-state index is 11.2. The largest absolute Gasteiger partial charge is 0.261 e. The highest BCUT2D eigenvalue weighted by atomic mass is 35.7. The van der Waals surface area contributed by atoms with Gasteiger partial charge in [0, 0.05) is 10.7 Å². The molecule has 2 nitrogen and oxygen atoms in total. The van der Waals surface area contributed by atoms with Gasteiger partial charge in [0.1, 0.15) is 0 Å². The summed E-state index contributed by atoms with van der Waals surface area (Å²) in [5.74, 6) is 0. The number of aryl methyl sites for hydroxylation is 2. The summed E-state index contributed by atoms with van der Waals surface area (Å²) >= 11 is 0. The Morgan fingerprint density at radius 1 is 0.944 bits per heavy atom. The summed E-state index contributed by atoms with van der Waals surface area (Å²) in [5.41, 5.74) is 4.42. The number of benzene rings is 2. The Labute approximate surface area is 112 Å². The molecule has 0 heterocycles. The molecule has 94 valence electrons. The van der Waals surface area contributed by atoms with E-state index in [1.807, 2.05) is 13.8 Å². The van der Waals surface area contributed by atoms with E-state index in [2.05, 4.69) is 18.2 Å². The molecule has 0 aliphatic carbocycles. The second kappa shape index (κ2) is 4.75. The van der Waals surface area contributed by atoms with E-state index >= 15 is 0 Å². The minimum atomic E-state index is -3.65. The highest BCUT2D eigenvalue weighted by Crippen LogP contribution is 2.26. The van der Waals surface area contributed by atoms with Crippen LogP contribution in [0.3, 0.4) is 0 Å². The molecule has 0 fully saturated rings. The van der Waals surface area contributed by atoms with Crippen molar-refractivity contribution in [2.75, 3.05) is 0 Å². The fourth-order valence-corrected chi connectivity index (χ4v) is 2.61. The van der Waals surface area contributed by atoms with Crippen molar-refractivity contribution in [2.45, 2.75) is 18.7 Å². The molecular weight excluding hydrogens is 268 g/mol. The summed E-state index contributed by atoms with van der Waals surface area (Å²) in [6.45, 7) is 4.06. The first-order valence-electron chi connectivity index (χ1n) is 5.50. The van der Waals surface area contributed by atoms with Crippen LogP contribution in [-0.2, 0) is 9.05 Å². The standard InChI is InChI=1S/C14H13ClO2S/c1-10-3-4-11(2)14(9-10)12-5-7-13(8-6-12)18(15,16)17/h3-9H,1-2H3. The highest BCUT2D eigenvalue weighted by Gasteiger charge is 2.10. The van der Waals surface area contributed by atoms with Gasteiger partial charge < -0.3 is 0 Å². The van der Waals surface area contributed by atoms with E-state index in [4.69, 9.17) is 10.7 Å². The number of rotatable bonds is 2. The molecule has 2 rings (SSSR count). The molecule has 0 atom stereocenters. The average Bonchev–Trinajstić information content (AvgIpc) is 2.31. The smallest absolute Gasteiger partial charge is 0.207 e. The van der Waals surface area contributed by atoms with Crippen molar-refractivity contribution in [3.05, 3.63) is 53.6 Å². The fraction of sp³-hybridized carbons (Fsp3) is 0.143. The molecule has 2 aromatic carbocycles. The van der Waals surface area contributed by atoms with E-state index < -0.39 is 9.05 Å². The highest BCUT2D eigenvalue weighted by molar-refractivity contribution is 8.13. The first-order chi connectivity index (χ1) is 8.38. The van der Waals surface area contributed by atoms with Crippen LogP contribution in [0.15, 0.2) is 47.4 Å². The lowest BCUT2D eigenvalue weighted by molar-refractivity contribution is 0.609. The van der Waals surface area contributed by atoms with E-state index in [0.29, 0.717) is 0 Å². The summed E-state index contributed by atoms with van der Waals surface area (Å²) in [7, 11) is 1.64. The first-order valence-corrected chi connectivity index (χ1v) is 7.81. The summed E-state index contributed by atoms with van der Waals surface area (Å²) in [5, 5.41) is 0. The summed E-state index contributed by atoms with van der Waals surface area (Å²) in [6.07, 6.45) is 0. The first kappa shape index (κ1) is 13.1. The lowest BCUT2D eigenvalue weighted by Gasteiger charge is -2.07. The van der Waals surface area contributed by atoms with Crippen molar-refractivity contribution in [3.63, 3.8) is 0 Å². The van der Waals surface area contributed by atoms with Crippen LogP contribution in [0.2, 0.25) is 0 Å². The molecule has 0 saturated heterocycles. The number of hydrogen-bond acceptors (Lipinski definition) is 2. The van der Waals surface area contributed by atoms with E-state index in [9.17, 15) is 8.42 Å². The van der Waals surface area contributed by atoms with Crippen LogP contribution < -0.4 is 0 Å². The Hall–Kier alpha value is -1.32. The van der Waals surface area contributed by atoms with Crippen LogP contribution in [0.5, 0.6) is 0 Å². The predicted molar refractivity (Wildman–Crippen MR) is 74.4 cm³/mol. The van der Waals surface area contributed by atoms with Gasteiger partial charge in [-0.2, -0.15) is 0 Å². The average molecular weight is 281 g/mol. The zero-order valence-corrected chi connectivity index (χ0v) is 11.7. The lowest BCUT2D eigenvalue weighted by Crippen LogP contribution is -1.91. The molecule has 2 aromatic rings. The van der Waals surface area contributed by atoms with Gasteiger partial charge in [0.15, 0.2) is 0 Å². The molecule has 0 unspecified atom stereocenters. The molecule has 18 heavy (non-hydrogen) atoms. The van der Waals surface area contributed by atoms with Crippen molar-refractivity contribution >= 4 is 19.7 Å². The van der Waals surface area contributed by atoms with Gasteiger partial charge in [-0.25, -0.2) is 8.42 Å². The third kappa shape index (κ3) is 2.74. The summed E-state index contributed by atoms with van der Waals surface area (Å²) in [6, 6.07) is 12.8. The zero-order chi connectivity index (χ0) is 13.3. The Bertz CT molecular complexity index is 673. The van der Waals surface area contributed by atoms with Crippen molar-refractivity contribution < 1.29 is 8.42 Å². The van der Waals surface area contributed by atoms with Crippen LogP contribution in [0.4, 0.5) is 0 Å². The second-order valence-corrected chi connectivity index (χ2v) is 6.85. The molecule has 0 amide bonds. The predicted octanol–water partition coefficient (Wildman–Crippen LogP) is 3.90. The third-order valence-electron chi connectivity index (χ3n) is 2.84. The quantitative estimate of drug-likeness (QED) is 0.782. The van der Waals surface area contributed by atoms with Gasteiger partial charge in [-0.1, -0.05) is 35.9 Å². The topological polar surface area (TPSA) is 34.1 Å². The van der Waals surface area contributed by atoms with Crippen LogP contribution >= 0.6 is 10.7 Å². The molecule has 0 bridgehead atoms. The molecular formula is C14H13ClO2S. The molecule has 0 aromatic heterocycles. The zero-order valence-electron chi connectivity index (χ0n) is 10.1. The van der Waals surface area contributed by atoms with Crippen molar-refractivity contribution in [1.82, 2.24) is 0 Å². The Morgan fingerprint density at radius 3 is 2.11 bits per heavy atom. The van der Waals surface area contributed by atoms with Gasteiger partial charge in [0.05, 0.1) is 4.90 Å². The van der Waals surface area contributed by atoms with Gasteiger partial charge in [-0.15, -0.1) is 0 Å². The normalized spacial score (nSPS) is 11.5. The number of hydrogen-bond donors (Lipinski definition) is 0. The van der Waals surface area contributed by atoms with Crippen molar-refractivity contribution in [3.8, 4) is 11.1 Å². The molecule has 0 aliphatic heterocycles. The molecule has 0 aliphatic rings.